The Kier molecular flexibility index (Phi) is 10.1. The summed E-state index contributed by atoms with van der Waals surface area (Å²) in [6, 6.07) is 7.05. The van der Waals surface area contributed by atoms with Crippen molar-refractivity contribution in [3.8, 4) is 0 Å². The van der Waals surface area contributed by atoms with Crippen LogP contribution in [0.4, 0.5) is 4.79 Å². The second-order valence-electron chi connectivity index (χ2n) is 10.8. The minimum atomic E-state index is -5.19. The van der Waals surface area contributed by atoms with Gasteiger partial charge in [-0.1, -0.05) is 44.2 Å². The van der Waals surface area contributed by atoms with Gasteiger partial charge in [0.25, 0.3) is 0 Å². The van der Waals surface area contributed by atoms with Crippen LogP contribution in [-0.2, 0) is 30.9 Å². The number of benzene rings is 1. The van der Waals surface area contributed by atoms with Gasteiger partial charge >= 0.3 is 6.09 Å². The molecular weight excluding hydrogens is 514 g/mol. The van der Waals surface area contributed by atoms with E-state index < -0.39 is 51.2 Å². The van der Waals surface area contributed by atoms with Crippen LogP contribution >= 0.6 is 0 Å². The van der Waals surface area contributed by atoms with Gasteiger partial charge in [-0.15, -0.1) is 0 Å². The van der Waals surface area contributed by atoms with E-state index >= 15 is 0 Å². The standard InChI is InChI=1S/C26H39N3O8S/c1-17(2)14-20(23(31)28-21(24(32)38(34,35)36)15-19-10-13-27-22(19)30)29-25(33)37-26(11-6-7-12-26)16-18-8-4-3-5-9-18/h3-5,8-9,17,19-21,24,32H,6-7,10-16H2,1-2H3,(H,27,30)(H,28,31)(H,29,33)(H,34,35,36)/p-1/t19-,20-,21-,24?/m0/s1. The minimum absolute atomic E-state index is 0.0389. The van der Waals surface area contributed by atoms with Crippen LogP contribution < -0.4 is 16.0 Å². The number of nitrogens with one attached hydrogen (secondary N) is 3. The predicted molar refractivity (Wildman–Crippen MR) is 138 cm³/mol. The number of carbonyl (C=O) groups excluding carboxylic acids is 3. The van der Waals surface area contributed by atoms with Crippen LogP contribution in [0.15, 0.2) is 30.3 Å². The Morgan fingerprint density at radius 1 is 1.18 bits per heavy atom. The SMILES string of the molecule is CC(C)C[C@H](NC(=O)OC1(Cc2ccccc2)CCCC1)C(=O)N[C@@H](C[C@@H]1CCNC1=O)C(O)S(=O)(=O)[O-]. The summed E-state index contributed by atoms with van der Waals surface area (Å²) >= 11 is 0. The molecule has 2 fully saturated rings. The summed E-state index contributed by atoms with van der Waals surface area (Å²) in [7, 11) is -5.19. The van der Waals surface area contributed by atoms with Gasteiger partial charge in [0, 0.05) is 18.9 Å². The highest BCUT2D eigenvalue weighted by atomic mass is 32.2. The smallest absolute Gasteiger partial charge is 0.408 e. The molecule has 1 aliphatic heterocycles. The first kappa shape index (κ1) is 29.9. The number of alkyl carbamates (subject to hydrolysis) is 1. The lowest BCUT2D eigenvalue weighted by Gasteiger charge is -2.32. The van der Waals surface area contributed by atoms with E-state index in [0.717, 1.165) is 18.4 Å². The largest absolute Gasteiger partial charge is 0.746 e. The molecule has 1 aromatic carbocycles. The summed E-state index contributed by atoms with van der Waals surface area (Å²) in [5.41, 5.74) is -2.11. The number of hydrogen-bond donors (Lipinski definition) is 4. The first-order valence-corrected chi connectivity index (χ1v) is 14.6. The Bertz CT molecular complexity index is 1070. The Labute approximate surface area is 223 Å². The van der Waals surface area contributed by atoms with Gasteiger partial charge in [-0.05, 0) is 56.4 Å². The van der Waals surface area contributed by atoms with Gasteiger partial charge in [0.15, 0.2) is 5.44 Å². The van der Waals surface area contributed by atoms with Gasteiger partial charge < -0.3 is 30.3 Å². The molecule has 1 saturated carbocycles. The number of carbonyl (C=O) groups is 3. The molecule has 0 radical (unpaired) electrons. The molecule has 1 aromatic rings. The van der Waals surface area contributed by atoms with Crippen LogP contribution in [-0.4, -0.2) is 65.7 Å². The highest BCUT2D eigenvalue weighted by Crippen LogP contribution is 2.36. The molecule has 0 aromatic heterocycles. The molecule has 12 heteroatoms. The highest BCUT2D eigenvalue weighted by molar-refractivity contribution is 7.86. The van der Waals surface area contributed by atoms with Gasteiger partial charge in [-0.2, -0.15) is 0 Å². The normalized spacial score (nSPS) is 21.4. The van der Waals surface area contributed by atoms with Crippen molar-refractivity contribution in [1.82, 2.24) is 16.0 Å². The maximum Gasteiger partial charge on any atom is 0.408 e. The van der Waals surface area contributed by atoms with Crippen LogP contribution in [0.1, 0.15) is 64.4 Å². The third-order valence-corrected chi connectivity index (χ3v) is 8.10. The van der Waals surface area contributed by atoms with Crippen LogP contribution in [0.2, 0.25) is 0 Å². The molecule has 3 amide bonds. The zero-order chi connectivity index (χ0) is 27.9. The lowest BCUT2D eigenvalue weighted by atomic mass is 9.92. The average Bonchev–Trinajstić information content (AvgIpc) is 3.46. The van der Waals surface area contributed by atoms with E-state index in [0.29, 0.717) is 32.2 Å². The topological polar surface area (TPSA) is 174 Å². The van der Waals surface area contributed by atoms with E-state index in [1.54, 1.807) is 0 Å². The van der Waals surface area contributed by atoms with E-state index in [1.165, 1.54) is 0 Å². The predicted octanol–water partition coefficient (Wildman–Crippen LogP) is 1.56. The number of ether oxygens (including phenoxy) is 1. The van der Waals surface area contributed by atoms with Crippen molar-refractivity contribution in [2.24, 2.45) is 11.8 Å². The van der Waals surface area contributed by atoms with E-state index in [2.05, 4.69) is 16.0 Å². The van der Waals surface area contributed by atoms with Gasteiger partial charge in [0.1, 0.15) is 21.8 Å². The molecule has 1 unspecified atom stereocenters. The van der Waals surface area contributed by atoms with Crippen LogP contribution in [0.3, 0.4) is 0 Å². The monoisotopic (exact) mass is 552 g/mol. The highest BCUT2D eigenvalue weighted by Gasteiger charge is 2.39. The fourth-order valence-corrected chi connectivity index (χ4v) is 5.86. The molecule has 3 rings (SSSR count). The maximum absolute atomic E-state index is 13.2. The third kappa shape index (κ3) is 8.40. The second kappa shape index (κ2) is 12.9. The second-order valence-corrected chi connectivity index (χ2v) is 12.2. The molecule has 2 aliphatic rings. The third-order valence-electron chi connectivity index (χ3n) is 7.18. The zero-order valence-electron chi connectivity index (χ0n) is 21.9. The number of amides is 3. The summed E-state index contributed by atoms with van der Waals surface area (Å²) in [6.07, 6.45) is 3.31. The van der Waals surface area contributed by atoms with Gasteiger partial charge in [0.2, 0.25) is 11.8 Å². The zero-order valence-corrected chi connectivity index (χ0v) is 22.7. The van der Waals surface area contributed by atoms with Crippen molar-refractivity contribution in [2.75, 3.05) is 6.54 Å². The summed E-state index contributed by atoms with van der Waals surface area (Å²) in [6.45, 7) is 4.06. The summed E-state index contributed by atoms with van der Waals surface area (Å²) in [4.78, 5) is 38.3. The number of aliphatic hydroxyl groups excluding tert-OH is 1. The lowest BCUT2D eigenvalue weighted by molar-refractivity contribution is -0.126. The molecule has 11 nitrogen and oxygen atoms in total. The van der Waals surface area contributed by atoms with Crippen LogP contribution in [0, 0.1) is 11.8 Å². The van der Waals surface area contributed by atoms with Crippen molar-refractivity contribution in [3.63, 3.8) is 0 Å². The fraction of sp³-hybridized carbons (Fsp3) is 0.654. The summed E-state index contributed by atoms with van der Waals surface area (Å²) in [5.74, 6) is -1.83. The van der Waals surface area contributed by atoms with Crippen molar-refractivity contribution in [3.05, 3.63) is 35.9 Å². The average molecular weight is 553 g/mol. The lowest BCUT2D eigenvalue weighted by Crippen LogP contribution is -2.55. The minimum Gasteiger partial charge on any atom is -0.746 e. The van der Waals surface area contributed by atoms with Gasteiger partial charge in [-0.3, -0.25) is 9.59 Å². The van der Waals surface area contributed by atoms with E-state index in [4.69, 9.17) is 4.74 Å². The molecular formula is C26H38N3O8S-. The molecule has 4 atom stereocenters. The van der Waals surface area contributed by atoms with E-state index in [9.17, 15) is 32.5 Å². The number of aliphatic hydroxyl groups is 1. The first-order chi connectivity index (χ1) is 17.9. The number of rotatable bonds is 12. The van der Waals surface area contributed by atoms with Gasteiger partial charge in [-0.25, -0.2) is 13.2 Å². The molecule has 1 heterocycles. The molecule has 212 valence electrons. The Hall–Kier alpha value is -2.70. The Balaban J connectivity index is 1.72. The molecule has 0 spiro atoms. The Morgan fingerprint density at radius 2 is 1.84 bits per heavy atom. The first-order valence-electron chi connectivity index (χ1n) is 13.1. The quantitative estimate of drug-likeness (QED) is 0.283. The summed E-state index contributed by atoms with van der Waals surface area (Å²) < 4.78 is 40.6. The molecule has 4 N–H and O–H groups in total. The van der Waals surface area contributed by atoms with E-state index in [-0.39, 0.29) is 24.7 Å². The summed E-state index contributed by atoms with van der Waals surface area (Å²) in [5, 5.41) is 17.8. The number of hydrogen-bond acceptors (Lipinski definition) is 8. The van der Waals surface area contributed by atoms with Crippen molar-refractivity contribution < 1.29 is 37.2 Å². The van der Waals surface area contributed by atoms with Crippen molar-refractivity contribution in [2.45, 2.75) is 88.3 Å². The van der Waals surface area contributed by atoms with Crippen LogP contribution in [0.5, 0.6) is 0 Å². The molecule has 38 heavy (non-hydrogen) atoms. The van der Waals surface area contributed by atoms with Crippen LogP contribution in [0.25, 0.3) is 0 Å². The maximum atomic E-state index is 13.2. The fourth-order valence-electron chi connectivity index (χ4n) is 5.28. The molecule has 1 saturated heterocycles. The van der Waals surface area contributed by atoms with E-state index in [1.807, 2.05) is 44.2 Å². The Morgan fingerprint density at radius 3 is 2.39 bits per heavy atom. The van der Waals surface area contributed by atoms with Crippen molar-refractivity contribution in [1.29, 1.82) is 0 Å². The van der Waals surface area contributed by atoms with Gasteiger partial charge in [0.05, 0.1) is 6.04 Å². The molecule has 0 bridgehead atoms. The van der Waals surface area contributed by atoms with Crippen molar-refractivity contribution >= 4 is 28.0 Å². The molecule has 1 aliphatic carbocycles.